The Balaban J connectivity index is 1.86. The minimum Gasteiger partial charge on any atom is -0.475 e. The first-order valence-corrected chi connectivity index (χ1v) is 9.74. The van der Waals surface area contributed by atoms with Gasteiger partial charge in [-0.15, -0.1) is 0 Å². The fraction of sp³-hybridized carbons (Fsp3) is 0.667. The van der Waals surface area contributed by atoms with E-state index in [2.05, 4.69) is 20.6 Å². The van der Waals surface area contributed by atoms with Gasteiger partial charge in [0.25, 0.3) is 0 Å². The maximum absolute atomic E-state index is 12.6. The number of alkyl halides is 3. The maximum Gasteiger partial charge on any atom is 0.417 e. The summed E-state index contributed by atoms with van der Waals surface area (Å²) >= 11 is 5.82. The van der Waals surface area contributed by atoms with E-state index in [0.717, 1.165) is 12.5 Å². The van der Waals surface area contributed by atoms with Gasteiger partial charge in [-0.25, -0.2) is 4.98 Å². The van der Waals surface area contributed by atoms with E-state index < -0.39 is 11.7 Å². The number of aliphatic hydroxyl groups is 1. The molecule has 1 saturated heterocycles. The average molecular weight is 439 g/mol. The Bertz CT molecular complexity index is 683. The molecule has 2 rings (SSSR count). The van der Waals surface area contributed by atoms with Crippen molar-refractivity contribution in [2.45, 2.75) is 25.9 Å². The van der Waals surface area contributed by atoms with Gasteiger partial charge in [0.1, 0.15) is 11.6 Å². The van der Waals surface area contributed by atoms with Crippen LogP contribution in [0, 0.1) is 5.41 Å². The first-order chi connectivity index (χ1) is 13.8. The Morgan fingerprint density at radius 2 is 2.24 bits per heavy atom. The van der Waals surface area contributed by atoms with E-state index in [4.69, 9.17) is 21.1 Å². The molecule has 0 spiro atoms. The summed E-state index contributed by atoms with van der Waals surface area (Å²) in [5.41, 5.74) is -1.09. The van der Waals surface area contributed by atoms with Crippen molar-refractivity contribution in [1.82, 2.24) is 15.6 Å². The molecule has 1 unspecified atom stereocenters. The van der Waals surface area contributed by atoms with Gasteiger partial charge in [0.05, 0.1) is 25.3 Å². The molecule has 0 amide bonds. The Hall–Kier alpha value is -1.78. The van der Waals surface area contributed by atoms with E-state index in [9.17, 15) is 18.3 Å². The van der Waals surface area contributed by atoms with Gasteiger partial charge in [-0.3, -0.25) is 4.99 Å². The molecule has 164 valence electrons. The number of ether oxygens (including phenoxy) is 2. The second kappa shape index (κ2) is 10.8. The summed E-state index contributed by atoms with van der Waals surface area (Å²) in [6.07, 6.45) is -2.36. The maximum atomic E-state index is 12.6. The number of hydrogen-bond donors (Lipinski definition) is 3. The SMILES string of the molecule is CCNC(=NCC1(CCO)CCOC1)NCCOc1ncc(C(F)(F)F)cc1Cl. The highest BCUT2D eigenvalue weighted by atomic mass is 35.5. The van der Waals surface area contributed by atoms with Crippen LogP contribution in [0.4, 0.5) is 13.2 Å². The molecular formula is C18H26ClF3N4O3. The lowest BCUT2D eigenvalue weighted by Gasteiger charge is -2.24. The molecule has 0 aliphatic carbocycles. The molecule has 1 aromatic heterocycles. The lowest BCUT2D eigenvalue weighted by molar-refractivity contribution is -0.137. The van der Waals surface area contributed by atoms with Gasteiger partial charge in [-0.05, 0) is 25.8 Å². The molecule has 0 radical (unpaired) electrons. The molecule has 7 nitrogen and oxygen atoms in total. The van der Waals surface area contributed by atoms with Gasteiger partial charge in [-0.2, -0.15) is 13.2 Å². The van der Waals surface area contributed by atoms with Gasteiger partial charge in [-0.1, -0.05) is 11.6 Å². The van der Waals surface area contributed by atoms with Crippen LogP contribution in [0.3, 0.4) is 0 Å². The number of aromatic nitrogens is 1. The molecule has 1 aliphatic heterocycles. The molecule has 29 heavy (non-hydrogen) atoms. The van der Waals surface area contributed by atoms with Gasteiger partial charge in [0.15, 0.2) is 5.96 Å². The molecule has 3 N–H and O–H groups in total. The van der Waals surface area contributed by atoms with Crippen molar-refractivity contribution in [2.24, 2.45) is 10.4 Å². The zero-order valence-corrected chi connectivity index (χ0v) is 16.9. The lowest BCUT2D eigenvalue weighted by atomic mass is 9.84. The molecule has 1 fully saturated rings. The van der Waals surface area contributed by atoms with E-state index in [1.807, 2.05) is 6.92 Å². The predicted molar refractivity (Wildman–Crippen MR) is 103 cm³/mol. The monoisotopic (exact) mass is 438 g/mol. The minimum atomic E-state index is -4.51. The third kappa shape index (κ3) is 7.20. The van der Waals surface area contributed by atoms with Crippen molar-refractivity contribution < 1.29 is 27.8 Å². The first-order valence-electron chi connectivity index (χ1n) is 9.36. The van der Waals surface area contributed by atoms with Crippen molar-refractivity contribution in [1.29, 1.82) is 0 Å². The highest BCUT2D eigenvalue weighted by Crippen LogP contribution is 2.33. The molecule has 11 heteroatoms. The van der Waals surface area contributed by atoms with Crippen molar-refractivity contribution in [3.05, 3.63) is 22.8 Å². The van der Waals surface area contributed by atoms with Gasteiger partial charge >= 0.3 is 6.18 Å². The van der Waals surface area contributed by atoms with Crippen LogP contribution in [0.25, 0.3) is 0 Å². The van der Waals surface area contributed by atoms with Crippen LogP contribution in [0.2, 0.25) is 5.02 Å². The van der Waals surface area contributed by atoms with E-state index in [1.54, 1.807) is 0 Å². The highest BCUT2D eigenvalue weighted by molar-refractivity contribution is 6.31. The number of hydrogen-bond acceptors (Lipinski definition) is 5. The van der Waals surface area contributed by atoms with Crippen molar-refractivity contribution in [2.75, 3.05) is 46.1 Å². The molecule has 0 saturated carbocycles. The van der Waals surface area contributed by atoms with Crippen LogP contribution in [-0.2, 0) is 10.9 Å². The summed E-state index contributed by atoms with van der Waals surface area (Å²) in [7, 11) is 0. The third-order valence-electron chi connectivity index (χ3n) is 4.51. The number of nitrogens with zero attached hydrogens (tertiary/aromatic N) is 2. The van der Waals surface area contributed by atoms with Crippen LogP contribution in [0.1, 0.15) is 25.3 Å². The first kappa shape index (κ1) is 23.5. The Morgan fingerprint density at radius 3 is 2.83 bits per heavy atom. The molecule has 2 heterocycles. The molecular weight excluding hydrogens is 413 g/mol. The molecule has 0 bridgehead atoms. The number of pyridine rings is 1. The summed E-state index contributed by atoms with van der Waals surface area (Å²) in [6, 6.07) is 0.785. The smallest absolute Gasteiger partial charge is 0.417 e. The lowest BCUT2D eigenvalue weighted by Crippen LogP contribution is -2.40. The van der Waals surface area contributed by atoms with E-state index in [1.165, 1.54) is 0 Å². The second-order valence-electron chi connectivity index (χ2n) is 6.76. The molecule has 1 aromatic rings. The highest BCUT2D eigenvalue weighted by Gasteiger charge is 2.34. The topological polar surface area (TPSA) is 88.0 Å². The summed E-state index contributed by atoms with van der Waals surface area (Å²) in [4.78, 5) is 8.20. The Morgan fingerprint density at radius 1 is 1.45 bits per heavy atom. The fourth-order valence-corrected chi connectivity index (χ4v) is 3.10. The number of guanidine groups is 1. The van der Waals surface area contributed by atoms with Gasteiger partial charge < -0.3 is 25.2 Å². The molecule has 1 aliphatic rings. The van der Waals surface area contributed by atoms with Crippen molar-refractivity contribution in [3.63, 3.8) is 0 Å². The predicted octanol–water partition coefficient (Wildman–Crippen LogP) is 2.48. The Labute approximate surface area is 172 Å². The van der Waals surface area contributed by atoms with Crippen LogP contribution < -0.4 is 15.4 Å². The quantitative estimate of drug-likeness (QED) is 0.312. The summed E-state index contributed by atoms with van der Waals surface area (Å²) < 4.78 is 48.7. The van der Waals surface area contributed by atoms with Crippen LogP contribution in [0.15, 0.2) is 17.3 Å². The number of halogens is 4. The average Bonchev–Trinajstić information content (AvgIpc) is 3.12. The number of nitrogens with one attached hydrogen (secondary N) is 2. The third-order valence-corrected chi connectivity index (χ3v) is 4.78. The van der Waals surface area contributed by atoms with E-state index in [-0.39, 0.29) is 29.5 Å². The van der Waals surface area contributed by atoms with Crippen molar-refractivity contribution in [3.8, 4) is 5.88 Å². The van der Waals surface area contributed by atoms with E-state index >= 15 is 0 Å². The summed E-state index contributed by atoms with van der Waals surface area (Å²) in [5.74, 6) is 0.514. The summed E-state index contributed by atoms with van der Waals surface area (Å²) in [5, 5.41) is 15.3. The Kier molecular flexibility index (Phi) is 8.79. The van der Waals surface area contributed by atoms with Crippen LogP contribution in [-0.4, -0.2) is 62.1 Å². The van der Waals surface area contributed by atoms with Crippen molar-refractivity contribution >= 4 is 17.6 Å². The number of rotatable bonds is 9. The van der Waals surface area contributed by atoms with Gasteiger partial charge in [0, 0.05) is 31.4 Å². The fourth-order valence-electron chi connectivity index (χ4n) is 2.88. The number of aliphatic hydroxyl groups excluding tert-OH is 1. The van der Waals surface area contributed by atoms with Gasteiger partial charge in [0.2, 0.25) is 5.88 Å². The van der Waals surface area contributed by atoms with Crippen LogP contribution in [0.5, 0.6) is 5.88 Å². The molecule has 0 aromatic carbocycles. The zero-order chi connectivity index (χ0) is 21.3. The molecule has 1 atom stereocenters. The van der Waals surface area contributed by atoms with E-state index in [0.29, 0.717) is 51.4 Å². The number of aliphatic imine (C=N–C) groups is 1. The minimum absolute atomic E-state index is 0.0617. The standard InChI is InChI=1S/C18H26ClF3N4O3/c1-2-23-16(26-11-17(3-6-27)4-7-28-12-17)24-5-8-29-15-14(19)9-13(10-25-15)18(20,21)22/h9-10,27H,2-8,11-12H2,1H3,(H2,23,24,26). The zero-order valence-electron chi connectivity index (χ0n) is 16.2. The largest absolute Gasteiger partial charge is 0.475 e. The summed E-state index contributed by atoms with van der Waals surface area (Å²) in [6.45, 7) is 4.88. The van der Waals surface area contributed by atoms with Crippen LogP contribution >= 0.6 is 11.6 Å². The normalized spacial score (nSPS) is 20.0. The second-order valence-corrected chi connectivity index (χ2v) is 7.16.